The van der Waals surface area contributed by atoms with Gasteiger partial charge >= 0.3 is 12.0 Å². The Balaban J connectivity index is 0.000000316. The molecule has 0 aliphatic carbocycles. The van der Waals surface area contributed by atoms with Gasteiger partial charge in [-0.15, -0.1) is 0 Å². The Kier molecular flexibility index (Phi) is 12.0. The predicted octanol–water partition coefficient (Wildman–Crippen LogP) is 2.12. The van der Waals surface area contributed by atoms with Crippen molar-refractivity contribution in [2.24, 2.45) is 0 Å². The first-order valence-corrected chi connectivity index (χ1v) is 10.9. The maximum atomic E-state index is 12.6. The van der Waals surface area contributed by atoms with Crippen LogP contribution in [0.5, 0.6) is 0 Å². The van der Waals surface area contributed by atoms with Crippen LogP contribution in [0, 0.1) is 12.9 Å². The maximum Gasteiger partial charge on any atom is 0.457 e. The lowest BCUT2D eigenvalue weighted by Crippen LogP contribution is -3.00. The van der Waals surface area contributed by atoms with Crippen molar-refractivity contribution in [2.45, 2.75) is 13.1 Å². The number of aromatic nitrogens is 4. The molecule has 0 saturated heterocycles. The molecule has 0 fully saturated rings. The summed E-state index contributed by atoms with van der Waals surface area (Å²) in [5, 5.41) is 0. The molecule has 37 heavy (non-hydrogen) atoms. The summed E-state index contributed by atoms with van der Waals surface area (Å²) in [7, 11) is 7.80. The summed E-state index contributed by atoms with van der Waals surface area (Å²) in [5.74, 6) is -0.176. The topological polar surface area (TPSA) is 49.0 Å². The Morgan fingerprint density at radius 1 is 0.730 bits per heavy atom. The molecule has 4 heterocycles. The molecule has 0 radical (unpaired) electrons. The van der Waals surface area contributed by atoms with Crippen LogP contribution in [0.4, 0.5) is 28.9 Å². The number of aryl methyl sites for hydroxylation is 1. The third-order valence-corrected chi connectivity index (χ3v) is 4.65. The smallest absolute Gasteiger partial charge is 0.457 e. The third-order valence-electron chi connectivity index (χ3n) is 4.65. The number of anilines is 2. The molecule has 0 aliphatic heterocycles. The van der Waals surface area contributed by atoms with Gasteiger partial charge < -0.3 is 14.5 Å². The molecule has 0 bridgehead atoms. The zero-order chi connectivity index (χ0) is 26.7. The highest BCUT2D eigenvalue weighted by atomic mass is 19.4. The summed E-state index contributed by atoms with van der Waals surface area (Å²) < 4.78 is 51.3. The van der Waals surface area contributed by atoms with Gasteiger partial charge in [-0.1, -0.05) is 6.07 Å². The van der Waals surface area contributed by atoms with Gasteiger partial charge in [-0.3, -0.25) is 4.98 Å². The summed E-state index contributed by atoms with van der Waals surface area (Å²) in [6, 6.07) is 16.1. The van der Waals surface area contributed by atoms with Gasteiger partial charge in [0, 0.05) is 75.9 Å². The highest BCUT2D eigenvalue weighted by molar-refractivity contribution is 5.42. The lowest BCUT2D eigenvalue weighted by molar-refractivity contribution is -0.599. The molecule has 198 valence electrons. The number of halogens is 5. The molecule has 11 heteroatoms. The van der Waals surface area contributed by atoms with Crippen LogP contribution in [-0.4, -0.2) is 43.1 Å². The Morgan fingerprint density at radius 3 is 1.70 bits per heavy atom. The minimum atomic E-state index is -4.43. The van der Waals surface area contributed by atoms with E-state index in [0.29, 0.717) is 5.69 Å². The second kappa shape index (κ2) is 14.4. The average molecular weight is 521 g/mol. The van der Waals surface area contributed by atoms with Gasteiger partial charge in [-0.05, 0) is 48.3 Å². The third kappa shape index (κ3) is 10.6. The summed E-state index contributed by atoms with van der Waals surface area (Å²) in [6.45, 7) is 1.75. The molecule has 6 nitrogen and oxygen atoms in total. The van der Waals surface area contributed by atoms with Gasteiger partial charge in [0.1, 0.15) is 0 Å². The van der Waals surface area contributed by atoms with E-state index in [-0.39, 0.29) is 10.5 Å². The molecule has 0 atom stereocenters. The number of hydrogen-bond acceptors (Lipinski definition) is 5. The van der Waals surface area contributed by atoms with Crippen molar-refractivity contribution >= 4 is 11.4 Å². The SMILES string of the molecule is CN(C)c1cc[n+](-c2cccc(C(F)(F)F)n2)cc1.CN(C)c1ccncc1.Cc1cccc(F)n1.[F-]. The Morgan fingerprint density at radius 2 is 1.27 bits per heavy atom. The zero-order valence-corrected chi connectivity index (χ0v) is 21.2. The molecule has 0 aromatic carbocycles. The molecule has 4 aromatic rings. The first-order valence-electron chi connectivity index (χ1n) is 10.9. The zero-order valence-electron chi connectivity index (χ0n) is 21.2. The van der Waals surface area contributed by atoms with Gasteiger partial charge in [0.2, 0.25) is 5.95 Å². The van der Waals surface area contributed by atoms with Crippen LogP contribution in [0.2, 0.25) is 0 Å². The minimum absolute atomic E-state index is 0. The molecular weight excluding hydrogens is 491 g/mol. The normalized spacial score (nSPS) is 10.1. The van der Waals surface area contributed by atoms with Gasteiger partial charge in [0.15, 0.2) is 0 Å². The van der Waals surface area contributed by atoms with Crippen molar-refractivity contribution in [3.05, 3.63) is 103 Å². The van der Waals surface area contributed by atoms with Gasteiger partial charge in [-0.25, -0.2) is 9.55 Å². The van der Waals surface area contributed by atoms with Crippen molar-refractivity contribution in [3.63, 3.8) is 0 Å². The Hall–Kier alpha value is -4.15. The summed E-state index contributed by atoms with van der Waals surface area (Å²) in [4.78, 5) is 15.0. The lowest BCUT2D eigenvalue weighted by Gasteiger charge is -2.11. The van der Waals surface area contributed by atoms with Crippen LogP contribution in [0.1, 0.15) is 11.4 Å². The van der Waals surface area contributed by atoms with E-state index in [0.717, 1.165) is 11.8 Å². The number of alkyl halides is 3. The van der Waals surface area contributed by atoms with Crippen molar-refractivity contribution < 1.29 is 26.8 Å². The van der Waals surface area contributed by atoms with Crippen LogP contribution in [0.3, 0.4) is 0 Å². The number of rotatable bonds is 3. The minimum Gasteiger partial charge on any atom is -1.00 e. The van der Waals surface area contributed by atoms with E-state index >= 15 is 0 Å². The molecule has 0 spiro atoms. The van der Waals surface area contributed by atoms with Crippen LogP contribution in [0.15, 0.2) is 85.5 Å². The fraction of sp³-hybridized carbons (Fsp3) is 0.231. The van der Waals surface area contributed by atoms with Crippen molar-refractivity contribution in [3.8, 4) is 5.82 Å². The highest BCUT2D eigenvalue weighted by Crippen LogP contribution is 2.27. The van der Waals surface area contributed by atoms with E-state index < -0.39 is 17.8 Å². The predicted molar refractivity (Wildman–Crippen MR) is 133 cm³/mol. The second-order valence-corrected chi connectivity index (χ2v) is 7.94. The first kappa shape index (κ1) is 30.9. The maximum absolute atomic E-state index is 12.6. The summed E-state index contributed by atoms with van der Waals surface area (Å²) in [6.07, 6.45) is 2.50. The Bertz CT molecular complexity index is 1180. The fourth-order valence-electron chi connectivity index (χ4n) is 2.75. The van der Waals surface area contributed by atoms with E-state index in [1.807, 2.05) is 62.3 Å². The second-order valence-electron chi connectivity index (χ2n) is 7.94. The molecular formula is C26H29F5N6. The van der Waals surface area contributed by atoms with Crippen molar-refractivity contribution in [1.82, 2.24) is 15.0 Å². The molecule has 0 saturated carbocycles. The van der Waals surface area contributed by atoms with E-state index in [1.54, 1.807) is 48.4 Å². The Labute approximate surface area is 213 Å². The molecule has 4 aromatic heterocycles. The van der Waals surface area contributed by atoms with Crippen molar-refractivity contribution in [2.75, 3.05) is 38.0 Å². The molecule has 4 rings (SSSR count). The number of nitrogens with zero attached hydrogens (tertiary/aromatic N) is 6. The van der Waals surface area contributed by atoms with Crippen LogP contribution in [-0.2, 0) is 6.18 Å². The molecule has 0 amide bonds. The standard InChI is InChI=1S/C13H13F3N3.C7H10N2.C6H6FN.FH/c1-18(2)10-6-8-19(9-7-10)12-5-3-4-11(17-12)13(14,15)16;1-9(2)7-3-5-8-6-4-7;1-5-3-2-4-6(7)8-5;/h3-9H,1-2H3;3-6H,1-2H3;2-4H,1H3;1H/q+1;;;/p-1. The fourth-order valence-corrected chi connectivity index (χ4v) is 2.75. The molecule has 0 unspecified atom stereocenters. The highest BCUT2D eigenvalue weighted by Gasteiger charge is 2.37. The largest absolute Gasteiger partial charge is 1.00 e. The quantitative estimate of drug-likeness (QED) is 0.235. The van der Waals surface area contributed by atoms with Crippen molar-refractivity contribution in [1.29, 1.82) is 0 Å². The van der Waals surface area contributed by atoms with Gasteiger partial charge in [-0.2, -0.15) is 17.6 Å². The van der Waals surface area contributed by atoms with Gasteiger partial charge in [0.25, 0.3) is 5.69 Å². The lowest BCUT2D eigenvalue weighted by atomic mass is 10.3. The molecule has 0 N–H and O–H groups in total. The van der Waals surface area contributed by atoms with Crippen LogP contribution in [0.25, 0.3) is 5.82 Å². The van der Waals surface area contributed by atoms with Crippen LogP contribution >= 0.6 is 0 Å². The van der Waals surface area contributed by atoms with E-state index in [2.05, 4.69) is 15.0 Å². The number of pyridine rings is 4. The van der Waals surface area contributed by atoms with E-state index in [4.69, 9.17) is 0 Å². The van der Waals surface area contributed by atoms with E-state index in [9.17, 15) is 17.6 Å². The monoisotopic (exact) mass is 520 g/mol. The first-order chi connectivity index (χ1) is 17.0. The molecule has 0 aliphatic rings. The average Bonchev–Trinajstić information content (AvgIpc) is 2.85. The van der Waals surface area contributed by atoms with E-state index in [1.165, 1.54) is 23.9 Å². The van der Waals surface area contributed by atoms with Crippen LogP contribution < -0.4 is 19.1 Å². The summed E-state index contributed by atoms with van der Waals surface area (Å²) >= 11 is 0. The summed E-state index contributed by atoms with van der Waals surface area (Å²) in [5.41, 5.74) is 1.97. The van der Waals surface area contributed by atoms with Gasteiger partial charge in [0.05, 0.1) is 12.4 Å². The number of hydrogen-bond donors (Lipinski definition) is 0.